The van der Waals surface area contributed by atoms with E-state index in [9.17, 15) is 4.79 Å². The highest BCUT2D eigenvalue weighted by atomic mass is 16.5. The molecule has 4 nitrogen and oxygen atoms in total. The molecule has 2 aliphatic carbocycles. The second-order valence-electron chi connectivity index (χ2n) is 6.63. The first kappa shape index (κ1) is 13.7. The molecule has 0 spiro atoms. The van der Waals surface area contributed by atoms with Crippen molar-refractivity contribution in [1.82, 2.24) is 9.97 Å². The zero-order valence-electron chi connectivity index (χ0n) is 12.8. The van der Waals surface area contributed by atoms with Gasteiger partial charge < -0.3 is 4.74 Å². The maximum absolute atomic E-state index is 12.3. The van der Waals surface area contributed by atoms with E-state index in [1.54, 1.807) is 0 Å². The molecule has 2 bridgehead atoms. The van der Waals surface area contributed by atoms with Gasteiger partial charge in [0.15, 0.2) is 0 Å². The van der Waals surface area contributed by atoms with Crippen LogP contribution in [0.5, 0.6) is 0 Å². The highest BCUT2D eigenvalue weighted by Gasteiger charge is 2.43. The van der Waals surface area contributed by atoms with Gasteiger partial charge in [-0.2, -0.15) is 0 Å². The Morgan fingerprint density at radius 1 is 1.18 bits per heavy atom. The lowest BCUT2D eigenvalue weighted by atomic mass is 9.89. The van der Waals surface area contributed by atoms with Gasteiger partial charge in [-0.15, -0.1) is 0 Å². The molecule has 1 aromatic heterocycles. The lowest BCUT2D eigenvalue weighted by Crippen LogP contribution is -2.23. The number of benzene rings is 1. The first-order valence-electron chi connectivity index (χ1n) is 8.09. The minimum Gasteiger partial charge on any atom is -0.459 e. The Balaban J connectivity index is 1.47. The topological polar surface area (TPSA) is 52.1 Å². The van der Waals surface area contributed by atoms with Gasteiger partial charge in [-0.25, -0.2) is 9.97 Å². The first-order valence-corrected chi connectivity index (χ1v) is 8.09. The van der Waals surface area contributed by atoms with Gasteiger partial charge in [0.1, 0.15) is 6.61 Å². The summed E-state index contributed by atoms with van der Waals surface area (Å²) in [5.74, 6) is 1.39. The average molecular weight is 296 g/mol. The van der Waals surface area contributed by atoms with Gasteiger partial charge in [0, 0.05) is 0 Å². The van der Waals surface area contributed by atoms with Gasteiger partial charge >= 0.3 is 5.97 Å². The van der Waals surface area contributed by atoms with E-state index in [-0.39, 0.29) is 18.5 Å². The molecule has 1 heterocycles. The van der Waals surface area contributed by atoms with Crippen LogP contribution in [0.4, 0.5) is 0 Å². The van der Waals surface area contributed by atoms with Crippen molar-refractivity contribution in [3.05, 3.63) is 35.7 Å². The zero-order valence-corrected chi connectivity index (χ0v) is 12.8. The molecule has 4 heteroatoms. The van der Waals surface area contributed by atoms with Crippen molar-refractivity contribution in [2.24, 2.45) is 17.8 Å². The molecule has 2 saturated carbocycles. The van der Waals surface area contributed by atoms with Gasteiger partial charge in [-0.1, -0.05) is 18.6 Å². The van der Waals surface area contributed by atoms with E-state index in [4.69, 9.17) is 4.74 Å². The summed E-state index contributed by atoms with van der Waals surface area (Å²) in [7, 11) is 0. The molecule has 1 aromatic carbocycles. The summed E-state index contributed by atoms with van der Waals surface area (Å²) >= 11 is 0. The van der Waals surface area contributed by atoms with E-state index >= 15 is 0 Å². The van der Waals surface area contributed by atoms with E-state index in [1.807, 2.05) is 31.2 Å². The number of carbonyl (C=O) groups is 1. The fourth-order valence-electron chi connectivity index (χ4n) is 4.04. The van der Waals surface area contributed by atoms with Crippen LogP contribution in [-0.2, 0) is 16.1 Å². The molecule has 4 rings (SSSR count). The fourth-order valence-corrected chi connectivity index (χ4v) is 4.04. The van der Waals surface area contributed by atoms with Gasteiger partial charge in [-0.3, -0.25) is 4.79 Å². The molecule has 0 amide bonds. The number of hydrogen-bond donors (Lipinski definition) is 0. The largest absolute Gasteiger partial charge is 0.459 e. The van der Waals surface area contributed by atoms with E-state index in [2.05, 4.69) is 9.97 Å². The Kier molecular flexibility index (Phi) is 3.32. The van der Waals surface area contributed by atoms with Gasteiger partial charge in [0.25, 0.3) is 0 Å². The third-order valence-electron chi connectivity index (χ3n) is 5.23. The SMILES string of the molecule is Cc1nc2ccccc2nc1COC(=O)[C@H]1C[C@H]2CC[C@H]1C2. The summed E-state index contributed by atoms with van der Waals surface area (Å²) in [4.78, 5) is 21.4. The van der Waals surface area contributed by atoms with Crippen LogP contribution >= 0.6 is 0 Å². The maximum atomic E-state index is 12.3. The third kappa shape index (κ3) is 2.36. The molecule has 2 fully saturated rings. The molecule has 0 N–H and O–H groups in total. The number of aromatic nitrogens is 2. The molecule has 3 atom stereocenters. The number of carbonyl (C=O) groups excluding carboxylic acids is 1. The number of esters is 1. The molecule has 2 aromatic rings. The molecule has 2 aliphatic rings. The fraction of sp³-hybridized carbons (Fsp3) is 0.500. The summed E-state index contributed by atoms with van der Waals surface area (Å²) in [6.45, 7) is 2.15. The summed E-state index contributed by atoms with van der Waals surface area (Å²) in [5, 5.41) is 0. The molecule has 0 radical (unpaired) electrons. The van der Waals surface area contributed by atoms with Crippen molar-refractivity contribution in [1.29, 1.82) is 0 Å². The maximum Gasteiger partial charge on any atom is 0.309 e. The van der Waals surface area contributed by atoms with Crippen molar-refractivity contribution < 1.29 is 9.53 Å². The lowest BCUT2D eigenvalue weighted by Gasteiger charge is -2.20. The lowest BCUT2D eigenvalue weighted by molar-refractivity contribution is -0.151. The Hall–Kier alpha value is -1.97. The minimum absolute atomic E-state index is 0.0402. The summed E-state index contributed by atoms with van der Waals surface area (Å²) < 4.78 is 5.55. The van der Waals surface area contributed by atoms with Crippen LogP contribution in [0.2, 0.25) is 0 Å². The van der Waals surface area contributed by atoms with Crippen molar-refractivity contribution in [2.45, 2.75) is 39.2 Å². The van der Waals surface area contributed by atoms with E-state index in [1.165, 1.54) is 19.3 Å². The smallest absolute Gasteiger partial charge is 0.309 e. The molecule has 0 aliphatic heterocycles. The highest BCUT2D eigenvalue weighted by Crippen LogP contribution is 2.48. The third-order valence-corrected chi connectivity index (χ3v) is 5.23. The summed E-state index contributed by atoms with van der Waals surface area (Å²) in [6, 6.07) is 7.77. The van der Waals surface area contributed by atoms with E-state index in [0.29, 0.717) is 5.92 Å². The number of rotatable bonds is 3. The van der Waals surface area contributed by atoms with Gasteiger partial charge in [0.05, 0.1) is 28.3 Å². The van der Waals surface area contributed by atoms with Crippen LogP contribution in [0, 0.1) is 24.7 Å². The average Bonchev–Trinajstić information content (AvgIpc) is 3.15. The van der Waals surface area contributed by atoms with Crippen LogP contribution in [0.1, 0.15) is 37.1 Å². The zero-order chi connectivity index (χ0) is 15.1. The van der Waals surface area contributed by atoms with Gasteiger partial charge in [0.2, 0.25) is 0 Å². The molecule has 22 heavy (non-hydrogen) atoms. The number of hydrogen-bond acceptors (Lipinski definition) is 4. The van der Waals surface area contributed by atoms with Crippen molar-refractivity contribution in [3.63, 3.8) is 0 Å². The van der Waals surface area contributed by atoms with Crippen molar-refractivity contribution in [2.75, 3.05) is 0 Å². The van der Waals surface area contributed by atoms with E-state index < -0.39 is 0 Å². The standard InChI is InChI=1S/C18H20N2O2/c1-11-17(20-16-5-3-2-4-15(16)19-11)10-22-18(21)14-9-12-6-7-13(14)8-12/h2-5,12-14H,6-10H2,1H3/t12-,13-,14-/m0/s1. The Bertz CT molecular complexity index is 728. The predicted molar refractivity (Wildman–Crippen MR) is 83.0 cm³/mol. The van der Waals surface area contributed by atoms with Crippen LogP contribution < -0.4 is 0 Å². The second-order valence-corrected chi connectivity index (χ2v) is 6.63. The van der Waals surface area contributed by atoms with Crippen LogP contribution in [0.15, 0.2) is 24.3 Å². The molecule has 114 valence electrons. The Labute approximate surface area is 129 Å². The number of ether oxygens (including phenoxy) is 1. The van der Waals surface area contributed by atoms with Crippen LogP contribution in [0.25, 0.3) is 11.0 Å². The first-order chi connectivity index (χ1) is 10.7. The molecular weight excluding hydrogens is 276 g/mol. The van der Waals surface area contributed by atoms with Crippen molar-refractivity contribution >= 4 is 17.0 Å². The second kappa shape index (κ2) is 5.34. The highest BCUT2D eigenvalue weighted by molar-refractivity contribution is 5.75. The van der Waals surface area contributed by atoms with Crippen LogP contribution in [-0.4, -0.2) is 15.9 Å². The Morgan fingerprint density at radius 2 is 1.95 bits per heavy atom. The quantitative estimate of drug-likeness (QED) is 0.814. The monoisotopic (exact) mass is 296 g/mol. The number of fused-ring (bicyclic) bond motifs is 3. The normalized spacial score (nSPS) is 26.5. The molecule has 0 saturated heterocycles. The number of para-hydroxylation sites is 2. The number of aryl methyl sites for hydroxylation is 1. The minimum atomic E-state index is -0.0402. The number of nitrogens with zero attached hydrogens (tertiary/aromatic N) is 2. The van der Waals surface area contributed by atoms with Crippen LogP contribution in [0.3, 0.4) is 0 Å². The van der Waals surface area contributed by atoms with Gasteiger partial charge in [-0.05, 0) is 50.2 Å². The van der Waals surface area contributed by atoms with Crippen molar-refractivity contribution in [3.8, 4) is 0 Å². The Morgan fingerprint density at radius 3 is 2.64 bits per heavy atom. The summed E-state index contributed by atoms with van der Waals surface area (Å²) in [5.41, 5.74) is 3.32. The summed E-state index contributed by atoms with van der Waals surface area (Å²) in [6.07, 6.45) is 4.73. The predicted octanol–water partition coefficient (Wildman–Crippen LogP) is 3.42. The molecule has 0 unspecified atom stereocenters. The van der Waals surface area contributed by atoms with E-state index in [0.717, 1.165) is 34.8 Å². The molecular formula is C18H20N2O2.